The summed E-state index contributed by atoms with van der Waals surface area (Å²) in [4.78, 5) is 18.1. The molecule has 1 atom stereocenters. The third-order valence-corrected chi connectivity index (χ3v) is 6.27. The van der Waals surface area contributed by atoms with Crippen LogP contribution in [0.15, 0.2) is 47.4 Å². The van der Waals surface area contributed by atoms with Crippen molar-refractivity contribution in [3.63, 3.8) is 0 Å². The van der Waals surface area contributed by atoms with Crippen molar-refractivity contribution in [1.82, 2.24) is 4.90 Å². The van der Waals surface area contributed by atoms with Gasteiger partial charge in [0, 0.05) is 37.1 Å². The zero-order valence-electron chi connectivity index (χ0n) is 18.1. The van der Waals surface area contributed by atoms with Gasteiger partial charge in [-0.3, -0.25) is 4.79 Å². The molecule has 6 nitrogen and oxygen atoms in total. The number of carbonyl (C=O) groups is 1. The first kappa shape index (κ1) is 27.4. The topological polar surface area (TPSA) is 68.0 Å². The summed E-state index contributed by atoms with van der Waals surface area (Å²) in [5, 5.41) is -0.375. The lowest BCUT2D eigenvalue weighted by Gasteiger charge is -2.32. The summed E-state index contributed by atoms with van der Waals surface area (Å²) in [6.45, 7) is 3.00. The molecule has 9 heteroatoms. The number of halogens is 2. The number of thioether (sulfide) groups is 1. The van der Waals surface area contributed by atoms with Gasteiger partial charge in [0.25, 0.3) is 0 Å². The van der Waals surface area contributed by atoms with Crippen LogP contribution in [0.2, 0.25) is 0 Å². The highest BCUT2D eigenvalue weighted by Gasteiger charge is 2.34. The summed E-state index contributed by atoms with van der Waals surface area (Å²) >= 11 is 1.56. The van der Waals surface area contributed by atoms with Gasteiger partial charge in [0.15, 0.2) is 0 Å². The van der Waals surface area contributed by atoms with Crippen molar-refractivity contribution in [2.24, 2.45) is 5.73 Å². The van der Waals surface area contributed by atoms with Crippen LogP contribution in [0.3, 0.4) is 0 Å². The summed E-state index contributed by atoms with van der Waals surface area (Å²) < 4.78 is 11.5. The molecule has 0 bridgehead atoms. The van der Waals surface area contributed by atoms with E-state index in [2.05, 4.69) is 11.9 Å². The Morgan fingerprint density at radius 3 is 2.61 bits per heavy atom. The highest BCUT2D eigenvalue weighted by Crippen LogP contribution is 2.48. The van der Waals surface area contributed by atoms with E-state index in [-0.39, 0.29) is 36.0 Å². The number of rotatable bonds is 9. The average molecular weight is 488 g/mol. The number of anilines is 1. The molecule has 0 radical (unpaired) electrons. The minimum Gasteiger partial charge on any atom is -0.497 e. The molecule has 1 aliphatic heterocycles. The Hall–Kier alpha value is -1.64. The summed E-state index contributed by atoms with van der Waals surface area (Å²) in [5.41, 5.74) is 7.37. The molecule has 0 aliphatic carbocycles. The fourth-order valence-corrected chi connectivity index (χ4v) is 4.65. The maximum atomic E-state index is 13.1. The van der Waals surface area contributed by atoms with E-state index in [1.807, 2.05) is 49.5 Å². The van der Waals surface area contributed by atoms with Gasteiger partial charge in [-0.25, -0.2) is 0 Å². The van der Waals surface area contributed by atoms with E-state index in [4.69, 9.17) is 15.2 Å². The molecule has 0 aromatic heterocycles. The van der Waals surface area contributed by atoms with E-state index >= 15 is 0 Å². The molecule has 172 valence electrons. The highest BCUT2D eigenvalue weighted by molar-refractivity contribution is 8.00. The molecule has 0 fully saturated rings. The van der Waals surface area contributed by atoms with Crippen molar-refractivity contribution in [1.29, 1.82) is 0 Å². The van der Waals surface area contributed by atoms with Crippen LogP contribution in [0.1, 0.15) is 17.2 Å². The lowest BCUT2D eigenvalue weighted by Crippen LogP contribution is -2.33. The van der Waals surface area contributed by atoms with E-state index in [0.29, 0.717) is 18.9 Å². The smallest absolute Gasteiger partial charge is 0.244 e. The largest absolute Gasteiger partial charge is 0.497 e. The summed E-state index contributed by atoms with van der Waals surface area (Å²) in [6.07, 6.45) is 0.885. The predicted octanol–water partition coefficient (Wildman–Crippen LogP) is 4.01. The molecule has 2 aromatic rings. The number of methoxy groups -OCH3 is 1. The van der Waals surface area contributed by atoms with Gasteiger partial charge in [0.05, 0.1) is 19.4 Å². The van der Waals surface area contributed by atoms with E-state index < -0.39 is 0 Å². The second kappa shape index (κ2) is 13.0. The standard InChI is InChI=1S/C22H29N3O3S.2ClH/c1-24(13-11-23)12-6-14-28-19-10-9-16(27-3)15-17(19)21-22(26)25(2)18-7-4-5-8-20(18)29-21;;/h4-5,7-10,15,21H,6,11-14,23H2,1-3H3;2*1H. The third-order valence-electron chi connectivity index (χ3n) is 4.98. The minimum absolute atomic E-state index is 0. The van der Waals surface area contributed by atoms with Crippen LogP contribution in [-0.4, -0.2) is 58.3 Å². The van der Waals surface area contributed by atoms with Crippen LogP contribution in [0.4, 0.5) is 5.69 Å². The number of amides is 1. The molecule has 2 N–H and O–H groups in total. The summed E-state index contributed by atoms with van der Waals surface area (Å²) in [7, 11) is 5.50. The Kier molecular flexibility index (Phi) is 11.5. The van der Waals surface area contributed by atoms with E-state index in [9.17, 15) is 4.79 Å². The number of hydrogen-bond acceptors (Lipinski definition) is 6. The molecular formula is C22H31Cl2N3O3S. The van der Waals surface area contributed by atoms with Gasteiger partial charge in [-0.15, -0.1) is 36.6 Å². The van der Waals surface area contributed by atoms with Crippen LogP contribution in [-0.2, 0) is 4.79 Å². The van der Waals surface area contributed by atoms with Gasteiger partial charge in [-0.1, -0.05) is 12.1 Å². The van der Waals surface area contributed by atoms with Crippen LogP contribution in [0.5, 0.6) is 11.5 Å². The van der Waals surface area contributed by atoms with Crippen molar-refractivity contribution in [2.75, 3.05) is 52.3 Å². The molecular weight excluding hydrogens is 457 g/mol. The zero-order valence-corrected chi connectivity index (χ0v) is 20.5. The number of hydrogen-bond donors (Lipinski definition) is 1. The summed E-state index contributed by atoms with van der Waals surface area (Å²) in [5.74, 6) is 1.48. The lowest BCUT2D eigenvalue weighted by atomic mass is 10.1. The van der Waals surface area contributed by atoms with E-state index in [1.54, 1.807) is 23.8 Å². The second-order valence-corrected chi connectivity index (χ2v) is 8.21. The van der Waals surface area contributed by atoms with Gasteiger partial charge in [0.1, 0.15) is 16.7 Å². The van der Waals surface area contributed by atoms with Crippen molar-refractivity contribution in [3.05, 3.63) is 48.0 Å². The number of fused-ring (bicyclic) bond motifs is 1. The monoisotopic (exact) mass is 487 g/mol. The molecule has 31 heavy (non-hydrogen) atoms. The Balaban J connectivity index is 0.00000240. The number of nitrogens with zero attached hydrogens (tertiary/aromatic N) is 2. The molecule has 3 rings (SSSR count). The van der Waals surface area contributed by atoms with Gasteiger partial charge >= 0.3 is 0 Å². The van der Waals surface area contributed by atoms with Crippen LogP contribution >= 0.6 is 36.6 Å². The molecule has 1 amide bonds. The Bertz CT molecular complexity index is 857. The Morgan fingerprint density at radius 2 is 1.90 bits per heavy atom. The first-order valence-electron chi connectivity index (χ1n) is 9.77. The van der Waals surface area contributed by atoms with Gasteiger partial charge in [0.2, 0.25) is 5.91 Å². The predicted molar refractivity (Wildman–Crippen MR) is 133 cm³/mol. The van der Waals surface area contributed by atoms with Crippen molar-refractivity contribution >= 4 is 48.2 Å². The Labute approximate surface area is 201 Å². The molecule has 1 heterocycles. The first-order chi connectivity index (χ1) is 14.0. The fourth-order valence-electron chi connectivity index (χ4n) is 3.34. The highest BCUT2D eigenvalue weighted by atomic mass is 35.5. The second-order valence-electron chi connectivity index (χ2n) is 7.06. The minimum atomic E-state index is -0.375. The van der Waals surface area contributed by atoms with Crippen molar-refractivity contribution in [2.45, 2.75) is 16.6 Å². The first-order valence-corrected chi connectivity index (χ1v) is 10.7. The number of benzene rings is 2. The molecule has 0 saturated heterocycles. The third kappa shape index (κ3) is 6.67. The SMILES string of the molecule is COc1ccc(OCCCN(C)CCN)c(C2Sc3ccccc3N(C)C2=O)c1.Cl.Cl. The average Bonchev–Trinajstić information content (AvgIpc) is 2.74. The van der Waals surface area contributed by atoms with E-state index in [1.165, 1.54) is 0 Å². The van der Waals surface area contributed by atoms with Crippen LogP contribution in [0, 0.1) is 0 Å². The van der Waals surface area contributed by atoms with Crippen molar-refractivity contribution in [3.8, 4) is 11.5 Å². The van der Waals surface area contributed by atoms with Gasteiger partial charge in [-0.2, -0.15) is 0 Å². The maximum absolute atomic E-state index is 13.1. The maximum Gasteiger partial charge on any atom is 0.244 e. The van der Waals surface area contributed by atoms with Crippen LogP contribution < -0.4 is 20.1 Å². The van der Waals surface area contributed by atoms with Gasteiger partial charge < -0.3 is 25.0 Å². The van der Waals surface area contributed by atoms with Crippen molar-refractivity contribution < 1.29 is 14.3 Å². The number of para-hydroxylation sites is 1. The number of likely N-dealkylation sites (N-methyl/N-ethyl adjacent to an activating group) is 2. The normalized spacial score (nSPS) is 15.1. The molecule has 0 saturated carbocycles. The quantitative estimate of drug-likeness (QED) is 0.538. The molecule has 1 unspecified atom stereocenters. The molecule has 0 spiro atoms. The Morgan fingerprint density at radius 1 is 1.16 bits per heavy atom. The van der Waals surface area contributed by atoms with E-state index in [0.717, 1.165) is 41.4 Å². The number of ether oxygens (including phenoxy) is 2. The number of nitrogens with two attached hydrogens (primary N) is 1. The number of carbonyl (C=O) groups excluding carboxylic acids is 1. The van der Waals surface area contributed by atoms with Gasteiger partial charge in [-0.05, 0) is 43.8 Å². The molecule has 2 aromatic carbocycles. The van der Waals surface area contributed by atoms with Crippen LogP contribution in [0.25, 0.3) is 0 Å². The lowest BCUT2D eigenvalue weighted by molar-refractivity contribution is -0.118. The molecule has 1 aliphatic rings. The summed E-state index contributed by atoms with van der Waals surface area (Å²) in [6, 6.07) is 13.6. The zero-order chi connectivity index (χ0) is 20.8. The fraction of sp³-hybridized carbons (Fsp3) is 0.409.